The van der Waals surface area contributed by atoms with Crippen LogP contribution in [-0.4, -0.2) is 4.98 Å². The molecule has 1 unspecified atom stereocenters. The molecule has 0 spiro atoms. The fourth-order valence-corrected chi connectivity index (χ4v) is 2.67. The zero-order valence-corrected chi connectivity index (χ0v) is 10.9. The molecule has 0 bridgehead atoms. The van der Waals surface area contributed by atoms with Crippen LogP contribution in [0.15, 0.2) is 23.6 Å². The van der Waals surface area contributed by atoms with E-state index in [0.29, 0.717) is 10.0 Å². The predicted molar refractivity (Wildman–Crippen MR) is 70.2 cm³/mol. The van der Waals surface area contributed by atoms with Crippen molar-refractivity contribution in [2.24, 2.45) is 5.73 Å². The summed E-state index contributed by atoms with van der Waals surface area (Å²) in [5.74, 6) is 0. The van der Waals surface area contributed by atoms with Crippen LogP contribution in [0.2, 0.25) is 10.0 Å². The molecule has 5 heteroatoms. The first-order valence-corrected chi connectivity index (χ1v) is 6.38. The van der Waals surface area contributed by atoms with Crippen LogP contribution >= 0.6 is 34.5 Å². The second kappa shape index (κ2) is 4.72. The molecule has 1 aromatic heterocycles. The lowest BCUT2D eigenvalue weighted by atomic mass is 10.2. The standard InChI is InChI=1S/C11H10Cl2N2S/c1-6(14)10-5-16-11(15-10)8-4-7(12)2-3-9(8)13/h2-6H,14H2,1H3. The second-order valence-corrected chi connectivity index (χ2v) is 5.19. The van der Waals surface area contributed by atoms with Gasteiger partial charge >= 0.3 is 0 Å². The number of benzene rings is 1. The van der Waals surface area contributed by atoms with Crippen LogP contribution in [0, 0.1) is 0 Å². The van der Waals surface area contributed by atoms with Gasteiger partial charge < -0.3 is 5.73 Å². The fraction of sp³-hybridized carbons (Fsp3) is 0.182. The van der Waals surface area contributed by atoms with Gasteiger partial charge in [0.15, 0.2) is 0 Å². The Morgan fingerprint density at radius 3 is 2.75 bits per heavy atom. The SMILES string of the molecule is CC(N)c1csc(-c2cc(Cl)ccc2Cl)n1. The van der Waals surface area contributed by atoms with Crippen LogP contribution < -0.4 is 5.73 Å². The Balaban J connectivity index is 2.46. The Bertz CT molecular complexity index is 508. The molecule has 0 amide bonds. The lowest BCUT2D eigenvalue weighted by Crippen LogP contribution is -2.04. The Hall–Kier alpha value is -0.610. The smallest absolute Gasteiger partial charge is 0.125 e. The predicted octanol–water partition coefficient (Wildman–Crippen LogP) is 4.14. The zero-order chi connectivity index (χ0) is 11.7. The lowest BCUT2D eigenvalue weighted by Gasteiger charge is -2.01. The van der Waals surface area contributed by atoms with Crippen LogP contribution in [0.5, 0.6) is 0 Å². The topological polar surface area (TPSA) is 38.9 Å². The maximum atomic E-state index is 6.10. The van der Waals surface area contributed by atoms with Gasteiger partial charge in [0.05, 0.1) is 10.7 Å². The van der Waals surface area contributed by atoms with Crippen molar-refractivity contribution in [3.05, 3.63) is 39.3 Å². The molecule has 84 valence electrons. The molecule has 1 atom stereocenters. The van der Waals surface area contributed by atoms with Gasteiger partial charge in [0.2, 0.25) is 0 Å². The minimum Gasteiger partial charge on any atom is -0.323 e. The van der Waals surface area contributed by atoms with Crippen LogP contribution in [0.25, 0.3) is 10.6 Å². The van der Waals surface area contributed by atoms with Crippen molar-refractivity contribution in [3.8, 4) is 10.6 Å². The Kier molecular flexibility index (Phi) is 3.50. The van der Waals surface area contributed by atoms with Crippen molar-refractivity contribution in [3.63, 3.8) is 0 Å². The van der Waals surface area contributed by atoms with E-state index in [9.17, 15) is 0 Å². The van der Waals surface area contributed by atoms with Crippen molar-refractivity contribution in [1.82, 2.24) is 4.98 Å². The van der Waals surface area contributed by atoms with Gasteiger partial charge in [0.25, 0.3) is 0 Å². The number of hydrogen-bond donors (Lipinski definition) is 1. The monoisotopic (exact) mass is 272 g/mol. The quantitative estimate of drug-likeness (QED) is 0.893. The Morgan fingerprint density at radius 1 is 1.38 bits per heavy atom. The number of aromatic nitrogens is 1. The third kappa shape index (κ3) is 2.38. The summed E-state index contributed by atoms with van der Waals surface area (Å²) in [6.07, 6.45) is 0. The third-order valence-corrected chi connectivity index (χ3v) is 3.61. The Labute approximate surface area is 108 Å². The summed E-state index contributed by atoms with van der Waals surface area (Å²) in [4.78, 5) is 4.43. The largest absolute Gasteiger partial charge is 0.323 e. The number of thiazole rings is 1. The first-order valence-electron chi connectivity index (χ1n) is 4.74. The van der Waals surface area contributed by atoms with Gasteiger partial charge in [-0.1, -0.05) is 23.2 Å². The highest BCUT2D eigenvalue weighted by atomic mass is 35.5. The number of hydrogen-bond acceptors (Lipinski definition) is 3. The van der Waals surface area contributed by atoms with Gasteiger partial charge in [-0.3, -0.25) is 0 Å². The molecule has 0 saturated heterocycles. The summed E-state index contributed by atoms with van der Waals surface area (Å²) in [6, 6.07) is 5.27. The van der Waals surface area contributed by atoms with Gasteiger partial charge in [0.1, 0.15) is 5.01 Å². The molecule has 0 aliphatic rings. The summed E-state index contributed by atoms with van der Waals surface area (Å²) < 4.78 is 0. The van der Waals surface area contributed by atoms with Gasteiger partial charge in [-0.05, 0) is 25.1 Å². The van der Waals surface area contributed by atoms with Gasteiger partial charge in [-0.15, -0.1) is 11.3 Å². The van der Waals surface area contributed by atoms with Gasteiger partial charge in [-0.25, -0.2) is 4.98 Å². The summed E-state index contributed by atoms with van der Waals surface area (Å²) in [5.41, 5.74) is 7.48. The van der Waals surface area contributed by atoms with Crippen LogP contribution in [0.4, 0.5) is 0 Å². The molecule has 0 aliphatic heterocycles. The fourth-order valence-electron chi connectivity index (χ4n) is 1.28. The molecular formula is C11H10Cl2N2S. The number of nitrogens with two attached hydrogens (primary N) is 1. The van der Waals surface area contributed by atoms with Crippen molar-refractivity contribution >= 4 is 34.5 Å². The van der Waals surface area contributed by atoms with Crippen molar-refractivity contribution < 1.29 is 0 Å². The van der Waals surface area contributed by atoms with Crippen LogP contribution in [-0.2, 0) is 0 Å². The molecule has 16 heavy (non-hydrogen) atoms. The minimum absolute atomic E-state index is 0.0667. The van der Waals surface area contributed by atoms with Gasteiger partial charge in [-0.2, -0.15) is 0 Å². The first kappa shape index (κ1) is 11.9. The van der Waals surface area contributed by atoms with Crippen LogP contribution in [0.3, 0.4) is 0 Å². The van der Waals surface area contributed by atoms with E-state index in [4.69, 9.17) is 28.9 Å². The number of halogens is 2. The van der Waals surface area contributed by atoms with E-state index in [-0.39, 0.29) is 6.04 Å². The average molecular weight is 273 g/mol. The van der Waals surface area contributed by atoms with Crippen molar-refractivity contribution in [2.75, 3.05) is 0 Å². The third-order valence-electron chi connectivity index (χ3n) is 2.15. The highest BCUT2D eigenvalue weighted by Gasteiger charge is 2.10. The minimum atomic E-state index is -0.0667. The van der Waals surface area contributed by atoms with Crippen molar-refractivity contribution in [1.29, 1.82) is 0 Å². The van der Waals surface area contributed by atoms with Gasteiger partial charge in [0, 0.05) is 22.0 Å². The molecule has 2 nitrogen and oxygen atoms in total. The van der Waals surface area contributed by atoms with E-state index in [1.54, 1.807) is 12.1 Å². The van der Waals surface area contributed by atoms with E-state index in [2.05, 4.69) is 4.98 Å². The molecule has 2 rings (SSSR count). The molecule has 1 heterocycles. The molecular weight excluding hydrogens is 263 g/mol. The number of nitrogens with zero attached hydrogens (tertiary/aromatic N) is 1. The van der Waals surface area contributed by atoms with E-state index in [0.717, 1.165) is 16.3 Å². The highest BCUT2D eigenvalue weighted by molar-refractivity contribution is 7.13. The zero-order valence-electron chi connectivity index (χ0n) is 8.58. The summed E-state index contributed by atoms with van der Waals surface area (Å²) in [6.45, 7) is 1.90. The Morgan fingerprint density at radius 2 is 2.12 bits per heavy atom. The molecule has 2 aromatic rings. The van der Waals surface area contributed by atoms with E-state index >= 15 is 0 Å². The molecule has 0 radical (unpaired) electrons. The molecule has 1 aromatic carbocycles. The normalized spacial score (nSPS) is 12.8. The molecule has 0 aliphatic carbocycles. The van der Waals surface area contributed by atoms with E-state index in [1.165, 1.54) is 11.3 Å². The maximum absolute atomic E-state index is 6.10. The summed E-state index contributed by atoms with van der Waals surface area (Å²) in [5, 5.41) is 4.09. The lowest BCUT2D eigenvalue weighted by molar-refractivity contribution is 0.790. The second-order valence-electron chi connectivity index (χ2n) is 3.49. The van der Waals surface area contributed by atoms with E-state index < -0.39 is 0 Å². The first-order chi connectivity index (χ1) is 7.58. The summed E-state index contributed by atoms with van der Waals surface area (Å²) >= 11 is 13.5. The average Bonchev–Trinajstić information content (AvgIpc) is 2.70. The van der Waals surface area contributed by atoms with Crippen molar-refractivity contribution in [2.45, 2.75) is 13.0 Å². The van der Waals surface area contributed by atoms with Crippen LogP contribution in [0.1, 0.15) is 18.7 Å². The molecule has 2 N–H and O–H groups in total. The highest BCUT2D eigenvalue weighted by Crippen LogP contribution is 2.33. The maximum Gasteiger partial charge on any atom is 0.125 e. The number of rotatable bonds is 2. The summed E-state index contributed by atoms with van der Waals surface area (Å²) in [7, 11) is 0. The molecule has 0 saturated carbocycles. The molecule has 0 fully saturated rings. The van der Waals surface area contributed by atoms with E-state index in [1.807, 2.05) is 18.4 Å².